The van der Waals surface area contributed by atoms with Gasteiger partial charge >= 0.3 is 0 Å². The zero-order valence-electron chi connectivity index (χ0n) is 18.0. The second-order valence-corrected chi connectivity index (χ2v) is 8.68. The predicted octanol–water partition coefficient (Wildman–Crippen LogP) is 2.46. The van der Waals surface area contributed by atoms with E-state index in [1.165, 1.54) is 12.1 Å². The van der Waals surface area contributed by atoms with E-state index in [2.05, 4.69) is 38.8 Å². The van der Waals surface area contributed by atoms with Gasteiger partial charge in [0.1, 0.15) is 17.5 Å². The first-order valence-corrected chi connectivity index (χ1v) is 10.9. The molecular weight excluding hydrogens is 404 g/mol. The van der Waals surface area contributed by atoms with Crippen LogP contribution in [0.5, 0.6) is 0 Å². The Hall–Kier alpha value is -2.39. The van der Waals surface area contributed by atoms with E-state index in [9.17, 15) is 13.6 Å². The zero-order valence-corrected chi connectivity index (χ0v) is 18.0. The lowest BCUT2D eigenvalue weighted by Crippen LogP contribution is -2.38. The second-order valence-electron chi connectivity index (χ2n) is 8.68. The standard InChI is InChI=1S/C22H29F2N5O2/c1-14(2)20(25-22(30)16-6-10-31-13-16)21-27-26-19-5-7-28(8-9-29(19)21)12-15-3-4-17(23)11-18(15)24/h3-4,11,14,16,20H,5-10,12-13H2,1-2H3,(H,25,30). The predicted molar refractivity (Wildman–Crippen MR) is 110 cm³/mol. The normalized spacial score (nSPS) is 20.5. The molecule has 1 fully saturated rings. The summed E-state index contributed by atoms with van der Waals surface area (Å²) in [6.07, 6.45) is 1.41. The first kappa shape index (κ1) is 21.8. The van der Waals surface area contributed by atoms with Gasteiger partial charge in [-0.05, 0) is 18.4 Å². The highest BCUT2D eigenvalue weighted by Crippen LogP contribution is 2.24. The molecule has 4 rings (SSSR count). The number of carbonyl (C=O) groups is 1. The van der Waals surface area contributed by atoms with E-state index >= 15 is 0 Å². The van der Waals surface area contributed by atoms with E-state index in [0.717, 1.165) is 24.1 Å². The van der Waals surface area contributed by atoms with Gasteiger partial charge in [-0.2, -0.15) is 0 Å². The SMILES string of the molecule is CC(C)C(NC(=O)C1CCOC1)c1nnc2n1CCN(Cc1ccc(F)cc1F)CC2. The molecule has 3 heterocycles. The largest absolute Gasteiger partial charge is 0.381 e. The quantitative estimate of drug-likeness (QED) is 0.758. The van der Waals surface area contributed by atoms with Gasteiger partial charge in [0.2, 0.25) is 5.91 Å². The molecule has 1 aromatic heterocycles. The molecule has 0 aliphatic carbocycles. The lowest BCUT2D eigenvalue weighted by molar-refractivity contribution is -0.126. The molecule has 1 amide bonds. The molecular formula is C22H29F2N5O2. The van der Waals surface area contributed by atoms with E-state index < -0.39 is 11.6 Å². The van der Waals surface area contributed by atoms with Crippen LogP contribution in [0.25, 0.3) is 0 Å². The van der Waals surface area contributed by atoms with Crippen LogP contribution in [0.2, 0.25) is 0 Å². The van der Waals surface area contributed by atoms with Crippen molar-refractivity contribution in [2.24, 2.45) is 11.8 Å². The summed E-state index contributed by atoms with van der Waals surface area (Å²) in [5, 5.41) is 12.0. The number of aromatic nitrogens is 3. The van der Waals surface area contributed by atoms with E-state index in [1.807, 2.05) is 0 Å². The third kappa shape index (κ3) is 4.93. The smallest absolute Gasteiger partial charge is 0.226 e. The van der Waals surface area contributed by atoms with Crippen molar-refractivity contribution in [3.63, 3.8) is 0 Å². The molecule has 0 bridgehead atoms. The van der Waals surface area contributed by atoms with E-state index in [0.29, 0.717) is 51.4 Å². The number of rotatable bonds is 6. The number of hydrogen-bond donors (Lipinski definition) is 1. The number of hydrogen-bond acceptors (Lipinski definition) is 5. The van der Waals surface area contributed by atoms with Crippen molar-refractivity contribution >= 4 is 5.91 Å². The third-order valence-electron chi connectivity index (χ3n) is 6.10. The van der Waals surface area contributed by atoms with Crippen molar-refractivity contribution in [3.8, 4) is 0 Å². The molecule has 2 aliphatic heterocycles. The minimum absolute atomic E-state index is 0.00409. The molecule has 0 saturated carbocycles. The lowest BCUT2D eigenvalue weighted by Gasteiger charge is -2.24. The Bertz CT molecular complexity index is 927. The molecule has 9 heteroatoms. The van der Waals surface area contributed by atoms with Crippen LogP contribution < -0.4 is 5.32 Å². The lowest BCUT2D eigenvalue weighted by atomic mass is 10.0. The van der Waals surface area contributed by atoms with Gasteiger partial charge in [0.05, 0.1) is 18.6 Å². The number of halogens is 2. The first-order valence-electron chi connectivity index (χ1n) is 10.9. The summed E-state index contributed by atoms with van der Waals surface area (Å²) in [6.45, 7) is 7.63. The van der Waals surface area contributed by atoms with Crippen molar-refractivity contribution in [2.45, 2.75) is 45.8 Å². The molecule has 2 unspecified atom stereocenters. The molecule has 1 aromatic carbocycles. The zero-order chi connectivity index (χ0) is 22.0. The maximum atomic E-state index is 14.1. The van der Waals surface area contributed by atoms with Crippen molar-refractivity contribution in [2.75, 3.05) is 26.3 Å². The van der Waals surface area contributed by atoms with Gasteiger partial charge in [0, 0.05) is 50.8 Å². The van der Waals surface area contributed by atoms with Crippen LogP contribution in [0.1, 0.15) is 43.5 Å². The molecule has 2 aromatic rings. The monoisotopic (exact) mass is 433 g/mol. The Morgan fingerprint density at radius 2 is 2.10 bits per heavy atom. The molecule has 1 N–H and O–H groups in total. The molecule has 1 saturated heterocycles. The van der Waals surface area contributed by atoms with Gasteiger partial charge in [-0.25, -0.2) is 8.78 Å². The summed E-state index contributed by atoms with van der Waals surface area (Å²) >= 11 is 0. The van der Waals surface area contributed by atoms with Crippen molar-refractivity contribution < 1.29 is 18.3 Å². The van der Waals surface area contributed by atoms with E-state index in [4.69, 9.17) is 4.74 Å². The van der Waals surface area contributed by atoms with E-state index in [1.54, 1.807) is 0 Å². The van der Waals surface area contributed by atoms with Crippen LogP contribution in [-0.2, 0) is 29.0 Å². The minimum Gasteiger partial charge on any atom is -0.381 e. The molecule has 7 nitrogen and oxygen atoms in total. The fourth-order valence-corrected chi connectivity index (χ4v) is 4.21. The maximum absolute atomic E-state index is 14.1. The van der Waals surface area contributed by atoms with Crippen molar-refractivity contribution in [1.29, 1.82) is 0 Å². The Labute approximate surface area is 180 Å². The van der Waals surface area contributed by atoms with Gasteiger partial charge < -0.3 is 14.6 Å². The average Bonchev–Trinajstić information content (AvgIpc) is 3.36. The Morgan fingerprint density at radius 3 is 2.81 bits per heavy atom. The van der Waals surface area contributed by atoms with Gasteiger partial charge in [-0.15, -0.1) is 10.2 Å². The van der Waals surface area contributed by atoms with Crippen molar-refractivity contribution in [3.05, 3.63) is 47.0 Å². The molecule has 2 atom stereocenters. The van der Waals surface area contributed by atoms with Crippen LogP contribution in [0.15, 0.2) is 18.2 Å². The summed E-state index contributed by atoms with van der Waals surface area (Å²) < 4.78 is 34.7. The number of fused-ring (bicyclic) bond motifs is 1. The number of nitrogens with zero attached hydrogens (tertiary/aromatic N) is 4. The van der Waals surface area contributed by atoms with Gasteiger partial charge in [-0.3, -0.25) is 9.69 Å². The molecule has 31 heavy (non-hydrogen) atoms. The third-order valence-corrected chi connectivity index (χ3v) is 6.10. The topological polar surface area (TPSA) is 72.3 Å². The first-order chi connectivity index (χ1) is 14.9. The molecule has 0 radical (unpaired) electrons. The number of benzene rings is 1. The molecule has 2 aliphatic rings. The average molecular weight is 434 g/mol. The maximum Gasteiger partial charge on any atom is 0.226 e. The van der Waals surface area contributed by atoms with Crippen LogP contribution in [0.3, 0.4) is 0 Å². The van der Waals surface area contributed by atoms with E-state index in [-0.39, 0.29) is 23.8 Å². The van der Waals surface area contributed by atoms with Gasteiger partial charge in [0.15, 0.2) is 5.82 Å². The fourth-order valence-electron chi connectivity index (χ4n) is 4.21. The van der Waals surface area contributed by atoms with Gasteiger partial charge in [-0.1, -0.05) is 19.9 Å². The number of nitrogens with one attached hydrogen (secondary N) is 1. The van der Waals surface area contributed by atoms with Crippen molar-refractivity contribution in [1.82, 2.24) is 25.0 Å². The molecule has 0 spiro atoms. The highest BCUT2D eigenvalue weighted by molar-refractivity contribution is 5.79. The Morgan fingerprint density at radius 1 is 1.26 bits per heavy atom. The number of amides is 1. The minimum atomic E-state index is -0.570. The summed E-state index contributed by atoms with van der Waals surface area (Å²) in [4.78, 5) is 14.8. The van der Waals surface area contributed by atoms with Crippen LogP contribution >= 0.6 is 0 Å². The van der Waals surface area contributed by atoms with Crippen LogP contribution in [0, 0.1) is 23.5 Å². The van der Waals surface area contributed by atoms with Crippen LogP contribution in [-0.4, -0.2) is 51.9 Å². The van der Waals surface area contributed by atoms with Gasteiger partial charge in [0.25, 0.3) is 0 Å². The number of ether oxygens (including phenoxy) is 1. The highest BCUT2D eigenvalue weighted by Gasteiger charge is 2.31. The molecule has 168 valence electrons. The Kier molecular flexibility index (Phi) is 6.62. The number of carbonyl (C=O) groups excluding carboxylic acids is 1. The summed E-state index contributed by atoms with van der Waals surface area (Å²) in [5.74, 6) is 0.548. The summed E-state index contributed by atoms with van der Waals surface area (Å²) in [7, 11) is 0. The summed E-state index contributed by atoms with van der Waals surface area (Å²) in [6, 6.07) is 3.47. The second kappa shape index (κ2) is 9.40. The Balaban J connectivity index is 1.46. The van der Waals surface area contributed by atoms with Crippen LogP contribution in [0.4, 0.5) is 8.78 Å². The fraction of sp³-hybridized carbons (Fsp3) is 0.591. The highest BCUT2D eigenvalue weighted by atomic mass is 19.1. The summed E-state index contributed by atoms with van der Waals surface area (Å²) in [5.41, 5.74) is 0.477.